The first-order chi connectivity index (χ1) is 4.00. The van der Waals surface area contributed by atoms with E-state index in [1.165, 1.54) is 0 Å². The molecule has 0 aromatic rings. The van der Waals surface area contributed by atoms with Crippen LogP contribution in [0.1, 0.15) is 0 Å². The van der Waals surface area contributed by atoms with Gasteiger partial charge >= 0.3 is 69.2 Å². The van der Waals surface area contributed by atoms with Crippen LogP contribution in [0.15, 0.2) is 0 Å². The van der Waals surface area contributed by atoms with Gasteiger partial charge in [-0.2, -0.15) is 15.6 Å². The molecule has 0 aliphatic carbocycles. The Morgan fingerprint density at radius 1 is 0.409 bits per heavy atom. The van der Waals surface area contributed by atoms with E-state index in [1.54, 1.807) is 0 Å². The molecule has 0 heterocycles. The van der Waals surface area contributed by atoms with Gasteiger partial charge in [0.15, 0.2) is 0 Å². The zero-order chi connectivity index (χ0) is 9.00. The molecule has 0 saturated heterocycles. The third-order valence-electron chi connectivity index (χ3n) is 0. The number of hydrogen-bond acceptors (Lipinski definition) is 11. The molecule has 0 aliphatic rings. The predicted octanol–water partition coefficient (Wildman–Crippen LogP) is -11.3. The molecule has 21 N–H and O–H groups in total. The van der Waals surface area contributed by atoms with Crippen molar-refractivity contribution < 1.29 is 71.3 Å². The number of rotatable bonds is 0. The molecule has 0 fully saturated rings. The summed E-state index contributed by atoms with van der Waals surface area (Å²) in [4.78, 5) is 51.3. The van der Waals surface area contributed by atoms with E-state index in [9.17, 15) is 0 Å². The first-order valence-corrected chi connectivity index (χ1v) is 4.38. The van der Waals surface area contributed by atoms with Crippen molar-refractivity contribution in [2.24, 2.45) is 0 Å². The van der Waals surface area contributed by atoms with E-state index in [-0.39, 0.29) is 120 Å². The maximum absolute atomic E-state index is 8.55. The van der Waals surface area contributed by atoms with Crippen LogP contribution >= 0.6 is 15.6 Å². The Bertz CT molecular complexity index is 146. The summed E-state index contributed by atoms with van der Waals surface area (Å²) in [5, 5.41) is 0. The second kappa shape index (κ2) is 56.7. The SMILES string of the molecule is N.N.N.O.O.O.O.O.O.O=P([O-])([O-])[O-].O=P([O-])([O-])[O-].[Mg+2].[Mg+2].[Mg+2]. The molecule has 22 heteroatoms. The maximum atomic E-state index is 8.55. The summed E-state index contributed by atoms with van der Waals surface area (Å²) in [7, 11) is -10.8. The second-order valence-electron chi connectivity index (χ2n) is 0.894. The van der Waals surface area contributed by atoms with Gasteiger partial charge in [-0.1, -0.05) is 0 Å². The zero-order valence-corrected chi connectivity index (χ0v) is 17.4. The summed E-state index contributed by atoms with van der Waals surface area (Å²) in [5.74, 6) is 0. The van der Waals surface area contributed by atoms with Gasteiger partial charge in [-0.25, -0.2) is 0 Å². The fourth-order valence-corrected chi connectivity index (χ4v) is 0. The fraction of sp³-hybridized carbons (Fsp3) is 0. The van der Waals surface area contributed by atoms with Crippen LogP contribution in [-0.2, 0) is 9.13 Å². The molecule has 0 aromatic heterocycles. The molecule has 0 saturated carbocycles. The Balaban J connectivity index is -0.00000000314. The van der Waals surface area contributed by atoms with Crippen LogP contribution in [0.4, 0.5) is 0 Å². The number of hydrogen-bond donors (Lipinski definition) is 3. The summed E-state index contributed by atoms with van der Waals surface area (Å²) in [6, 6.07) is 0. The molecule has 17 nitrogen and oxygen atoms in total. The van der Waals surface area contributed by atoms with E-state index in [0.29, 0.717) is 0 Å². The topological polar surface area (TPSA) is 466 Å². The monoisotopic (exact) mass is 421 g/mol. The Kier molecular flexibility index (Phi) is 324. The number of phosphoric acid groups is 2. The van der Waals surface area contributed by atoms with Crippen LogP contribution in [0.25, 0.3) is 0 Å². The first kappa shape index (κ1) is 126. The average molecular weight is 422 g/mol. The van der Waals surface area contributed by atoms with Crippen molar-refractivity contribution in [2.75, 3.05) is 0 Å². The molecule has 0 rings (SSSR count). The second-order valence-corrected chi connectivity index (χ2v) is 2.68. The van der Waals surface area contributed by atoms with E-state index in [1.807, 2.05) is 0 Å². The van der Waals surface area contributed by atoms with Crippen LogP contribution in [0.2, 0.25) is 0 Å². The van der Waals surface area contributed by atoms with E-state index in [0.717, 1.165) is 0 Å². The molecule has 0 radical (unpaired) electrons. The van der Waals surface area contributed by atoms with Crippen LogP contribution in [-0.4, -0.2) is 102 Å². The molecular formula is H21Mg3N3O14P2. The van der Waals surface area contributed by atoms with Crippen molar-refractivity contribution >= 4 is 84.8 Å². The van der Waals surface area contributed by atoms with Crippen LogP contribution < -0.4 is 47.8 Å². The van der Waals surface area contributed by atoms with Crippen molar-refractivity contribution in [3.05, 3.63) is 0 Å². The minimum absolute atomic E-state index is 0. The molecule has 0 unspecified atom stereocenters. The normalized spacial score (nSPS) is 5.36. The first-order valence-electron chi connectivity index (χ1n) is 1.46. The van der Waals surface area contributed by atoms with Gasteiger partial charge in [0.1, 0.15) is 0 Å². The summed E-state index contributed by atoms with van der Waals surface area (Å²) >= 11 is 0. The largest absolute Gasteiger partial charge is 2.00 e. The standard InChI is InChI=1S/3Mg.3H3N.2H3O4P.6H2O/c;;;;;;2*1-5(2,3)4;;;;;;/h;;;3*1H3;2*(H3,1,2,3,4);6*1H2/q3*+2;;;;;;;;;;;/p-6. The Morgan fingerprint density at radius 3 is 0.409 bits per heavy atom. The minimum Gasteiger partial charge on any atom is -0.822 e. The molecule has 22 heavy (non-hydrogen) atoms. The van der Waals surface area contributed by atoms with Gasteiger partial charge in [0.25, 0.3) is 0 Å². The minimum atomic E-state index is -5.39. The summed E-state index contributed by atoms with van der Waals surface area (Å²) in [5.41, 5.74) is 0. The van der Waals surface area contributed by atoms with E-state index >= 15 is 0 Å². The molecule has 0 aromatic carbocycles. The van der Waals surface area contributed by atoms with Gasteiger partial charge in [-0.3, -0.25) is 0 Å². The van der Waals surface area contributed by atoms with Gasteiger partial charge in [-0.15, -0.1) is 0 Å². The Labute approximate surface area is 173 Å². The quantitative estimate of drug-likeness (QED) is 0.243. The average Bonchev–Trinajstić information content (AvgIpc) is 1.12. The molecular weight excluding hydrogens is 401 g/mol. The van der Waals surface area contributed by atoms with Crippen LogP contribution in [0.5, 0.6) is 0 Å². The van der Waals surface area contributed by atoms with Crippen molar-refractivity contribution in [3.8, 4) is 0 Å². The van der Waals surface area contributed by atoms with E-state index in [4.69, 9.17) is 38.5 Å². The predicted molar refractivity (Wildman–Crippen MR) is 69.2 cm³/mol. The van der Waals surface area contributed by atoms with Crippen LogP contribution in [0, 0.1) is 0 Å². The van der Waals surface area contributed by atoms with Gasteiger partial charge in [0.2, 0.25) is 0 Å². The summed E-state index contributed by atoms with van der Waals surface area (Å²) < 4.78 is 17.1. The Hall–Kier alpha value is 2.16. The summed E-state index contributed by atoms with van der Waals surface area (Å²) in [6.45, 7) is 0. The third kappa shape index (κ3) is 2130. The smallest absolute Gasteiger partial charge is 0.822 e. The Morgan fingerprint density at radius 2 is 0.409 bits per heavy atom. The van der Waals surface area contributed by atoms with Gasteiger partial charge in [0, 0.05) is 0 Å². The zero-order valence-electron chi connectivity index (χ0n) is 11.4. The molecule has 0 aliphatic heterocycles. The van der Waals surface area contributed by atoms with E-state index < -0.39 is 15.6 Å². The molecule has 0 amide bonds. The van der Waals surface area contributed by atoms with Crippen molar-refractivity contribution in [2.45, 2.75) is 0 Å². The van der Waals surface area contributed by atoms with Crippen LogP contribution in [0.3, 0.4) is 0 Å². The molecule has 0 spiro atoms. The maximum Gasteiger partial charge on any atom is 2.00 e. The molecule has 0 atom stereocenters. The third-order valence-corrected chi connectivity index (χ3v) is 0. The van der Waals surface area contributed by atoms with Crippen molar-refractivity contribution in [3.63, 3.8) is 0 Å². The van der Waals surface area contributed by atoms with Crippen molar-refractivity contribution in [1.29, 1.82) is 0 Å². The molecule has 136 valence electrons. The van der Waals surface area contributed by atoms with Gasteiger partial charge in [-0.05, 0) is 0 Å². The molecule has 0 bridgehead atoms. The fourth-order valence-electron chi connectivity index (χ4n) is 0. The van der Waals surface area contributed by atoms with E-state index in [2.05, 4.69) is 0 Å². The van der Waals surface area contributed by atoms with Gasteiger partial charge in [0.05, 0.1) is 0 Å². The van der Waals surface area contributed by atoms with Crippen molar-refractivity contribution in [1.82, 2.24) is 18.5 Å². The van der Waals surface area contributed by atoms with Gasteiger partial charge < -0.3 is 89.8 Å². The summed E-state index contributed by atoms with van der Waals surface area (Å²) in [6.07, 6.45) is 0.